The van der Waals surface area contributed by atoms with Gasteiger partial charge in [-0.25, -0.2) is 0 Å². The average Bonchev–Trinajstić information content (AvgIpc) is 2.96. The maximum absolute atomic E-state index is 10.7. The SMILES string of the molecule is O=Cc1cccc(Oc2nnnn2-c2ccccc2)c1. The molecule has 0 amide bonds. The molecule has 3 rings (SSSR count). The van der Waals surface area contributed by atoms with Gasteiger partial charge in [0.05, 0.1) is 5.69 Å². The molecule has 0 aliphatic heterocycles. The first-order valence-corrected chi connectivity index (χ1v) is 5.94. The van der Waals surface area contributed by atoms with E-state index >= 15 is 0 Å². The van der Waals surface area contributed by atoms with E-state index in [9.17, 15) is 4.79 Å². The van der Waals surface area contributed by atoms with Crippen LogP contribution in [0, 0.1) is 0 Å². The molecule has 1 aromatic heterocycles. The van der Waals surface area contributed by atoms with E-state index in [0.29, 0.717) is 11.3 Å². The Balaban J connectivity index is 1.92. The van der Waals surface area contributed by atoms with Gasteiger partial charge in [0, 0.05) is 5.56 Å². The van der Waals surface area contributed by atoms with Gasteiger partial charge in [0.1, 0.15) is 12.0 Å². The molecule has 0 unspecified atom stereocenters. The van der Waals surface area contributed by atoms with E-state index in [1.807, 2.05) is 30.3 Å². The Hall–Kier alpha value is -3.02. The van der Waals surface area contributed by atoms with Crippen molar-refractivity contribution in [1.29, 1.82) is 0 Å². The van der Waals surface area contributed by atoms with Crippen LogP contribution in [0.2, 0.25) is 0 Å². The van der Waals surface area contributed by atoms with Gasteiger partial charge in [-0.1, -0.05) is 35.4 Å². The fourth-order valence-corrected chi connectivity index (χ4v) is 1.73. The molecule has 2 aromatic carbocycles. The van der Waals surface area contributed by atoms with Crippen LogP contribution in [0.1, 0.15) is 10.4 Å². The Labute approximate surface area is 114 Å². The van der Waals surface area contributed by atoms with Crippen LogP contribution in [0.5, 0.6) is 11.8 Å². The van der Waals surface area contributed by atoms with Gasteiger partial charge in [0.2, 0.25) is 0 Å². The summed E-state index contributed by atoms with van der Waals surface area (Å²) in [6, 6.07) is 16.4. The molecule has 20 heavy (non-hydrogen) atoms. The van der Waals surface area contributed by atoms with Gasteiger partial charge >= 0.3 is 6.01 Å². The van der Waals surface area contributed by atoms with Crippen molar-refractivity contribution in [2.45, 2.75) is 0 Å². The van der Waals surface area contributed by atoms with Gasteiger partial charge in [-0.15, -0.1) is 0 Å². The molecule has 0 aliphatic rings. The van der Waals surface area contributed by atoms with E-state index in [2.05, 4.69) is 15.5 Å². The number of nitrogens with zero attached hydrogens (tertiary/aromatic N) is 4. The zero-order chi connectivity index (χ0) is 13.8. The van der Waals surface area contributed by atoms with Crippen LogP contribution in [0.25, 0.3) is 5.69 Å². The number of benzene rings is 2. The number of para-hydroxylation sites is 1. The Morgan fingerprint density at radius 1 is 1.05 bits per heavy atom. The third-order valence-corrected chi connectivity index (χ3v) is 2.64. The van der Waals surface area contributed by atoms with Crippen molar-refractivity contribution < 1.29 is 9.53 Å². The zero-order valence-electron chi connectivity index (χ0n) is 10.4. The highest BCUT2D eigenvalue weighted by molar-refractivity contribution is 5.75. The number of carbonyl (C=O) groups excluding carboxylic acids is 1. The predicted molar refractivity (Wildman–Crippen MR) is 71.1 cm³/mol. The minimum Gasteiger partial charge on any atom is -0.423 e. The Morgan fingerprint density at radius 2 is 1.90 bits per heavy atom. The van der Waals surface area contributed by atoms with E-state index in [1.54, 1.807) is 24.3 Å². The summed E-state index contributed by atoms with van der Waals surface area (Å²) in [4.78, 5) is 10.7. The second-order valence-electron chi connectivity index (χ2n) is 4.00. The van der Waals surface area contributed by atoms with E-state index in [0.717, 1.165) is 12.0 Å². The lowest BCUT2D eigenvalue weighted by molar-refractivity contribution is 0.112. The molecule has 0 saturated carbocycles. The lowest BCUT2D eigenvalue weighted by Crippen LogP contribution is -2.00. The number of rotatable bonds is 4. The summed E-state index contributed by atoms with van der Waals surface area (Å²) in [6.45, 7) is 0. The lowest BCUT2D eigenvalue weighted by Gasteiger charge is -2.06. The van der Waals surface area contributed by atoms with Crippen LogP contribution in [0.3, 0.4) is 0 Å². The van der Waals surface area contributed by atoms with E-state index < -0.39 is 0 Å². The third kappa shape index (κ3) is 2.39. The number of carbonyl (C=O) groups is 1. The number of aldehydes is 1. The highest BCUT2D eigenvalue weighted by Crippen LogP contribution is 2.21. The summed E-state index contributed by atoms with van der Waals surface area (Å²) < 4.78 is 7.09. The molecule has 6 nitrogen and oxygen atoms in total. The Kier molecular flexibility index (Phi) is 3.20. The summed E-state index contributed by atoms with van der Waals surface area (Å²) in [5.41, 5.74) is 1.32. The van der Waals surface area contributed by atoms with Crippen molar-refractivity contribution in [3.05, 3.63) is 60.2 Å². The molecular weight excluding hydrogens is 256 g/mol. The van der Waals surface area contributed by atoms with Crippen molar-refractivity contribution in [2.24, 2.45) is 0 Å². The van der Waals surface area contributed by atoms with Gasteiger partial charge in [0.25, 0.3) is 0 Å². The van der Waals surface area contributed by atoms with Gasteiger partial charge in [-0.2, -0.15) is 4.68 Å². The summed E-state index contributed by atoms with van der Waals surface area (Å²) in [5.74, 6) is 0.501. The maximum atomic E-state index is 10.7. The maximum Gasteiger partial charge on any atom is 0.345 e. The fourth-order valence-electron chi connectivity index (χ4n) is 1.73. The summed E-state index contributed by atoms with van der Waals surface area (Å²) in [7, 11) is 0. The molecule has 98 valence electrons. The second kappa shape index (κ2) is 5.31. The molecular formula is C14H10N4O2. The quantitative estimate of drug-likeness (QED) is 0.677. The number of hydrogen-bond acceptors (Lipinski definition) is 5. The highest BCUT2D eigenvalue weighted by atomic mass is 16.5. The Morgan fingerprint density at radius 3 is 2.70 bits per heavy atom. The second-order valence-corrected chi connectivity index (χ2v) is 4.00. The molecule has 0 bridgehead atoms. The largest absolute Gasteiger partial charge is 0.423 e. The minimum atomic E-state index is 0.235. The standard InChI is InChI=1S/C14H10N4O2/c19-10-11-5-4-8-13(9-11)20-14-15-16-17-18(14)12-6-2-1-3-7-12/h1-10H. The van der Waals surface area contributed by atoms with Crippen LogP contribution in [-0.2, 0) is 0 Å². The normalized spacial score (nSPS) is 10.2. The summed E-state index contributed by atoms with van der Waals surface area (Å²) in [6.07, 6.45) is 0.757. The van der Waals surface area contributed by atoms with E-state index in [4.69, 9.17) is 4.74 Å². The van der Waals surface area contributed by atoms with Crippen LogP contribution in [0.15, 0.2) is 54.6 Å². The number of ether oxygens (including phenoxy) is 1. The van der Waals surface area contributed by atoms with Crippen molar-refractivity contribution in [2.75, 3.05) is 0 Å². The molecule has 3 aromatic rings. The van der Waals surface area contributed by atoms with Crippen LogP contribution < -0.4 is 4.74 Å². The minimum absolute atomic E-state index is 0.235. The molecule has 0 N–H and O–H groups in total. The van der Waals surface area contributed by atoms with Gasteiger partial charge in [-0.05, 0) is 34.7 Å². The van der Waals surface area contributed by atoms with Crippen molar-refractivity contribution in [3.63, 3.8) is 0 Å². The van der Waals surface area contributed by atoms with Gasteiger partial charge in [0.15, 0.2) is 0 Å². The first kappa shape index (κ1) is 12.0. The van der Waals surface area contributed by atoms with Crippen LogP contribution in [-0.4, -0.2) is 26.5 Å². The number of tetrazole rings is 1. The summed E-state index contributed by atoms with van der Waals surface area (Å²) in [5, 5.41) is 11.3. The smallest absolute Gasteiger partial charge is 0.345 e. The van der Waals surface area contributed by atoms with E-state index in [-0.39, 0.29) is 6.01 Å². The zero-order valence-corrected chi connectivity index (χ0v) is 10.4. The molecule has 1 heterocycles. The predicted octanol–water partition coefficient (Wildman–Crippen LogP) is 2.27. The van der Waals surface area contributed by atoms with Gasteiger partial charge in [-0.3, -0.25) is 4.79 Å². The third-order valence-electron chi connectivity index (χ3n) is 2.64. The Bertz CT molecular complexity index is 725. The summed E-state index contributed by atoms with van der Waals surface area (Å²) >= 11 is 0. The topological polar surface area (TPSA) is 69.9 Å². The van der Waals surface area contributed by atoms with Crippen molar-refractivity contribution in [1.82, 2.24) is 20.2 Å². The molecule has 0 radical (unpaired) electrons. The van der Waals surface area contributed by atoms with Gasteiger partial charge < -0.3 is 4.74 Å². The van der Waals surface area contributed by atoms with E-state index in [1.165, 1.54) is 4.68 Å². The molecule has 0 atom stereocenters. The molecule has 6 heteroatoms. The average molecular weight is 266 g/mol. The number of aromatic nitrogens is 4. The van der Waals surface area contributed by atoms with Crippen LogP contribution in [0.4, 0.5) is 0 Å². The van der Waals surface area contributed by atoms with Crippen LogP contribution >= 0.6 is 0 Å². The molecule has 0 spiro atoms. The molecule has 0 aliphatic carbocycles. The first-order valence-electron chi connectivity index (χ1n) is 5.94. The fraction of sp³-hybridized carbons (Fsp3) is 0. The van der Waals surface area contributed by atoms with Crippen molar-refractivity contribution >= 4 is 6.29 Å². The molecule has 0 fully saturated rings. The van der Waals surface area contributed by atoms with Crippen molar-refractivity contribution in [3.8, 4) is 17.4 Å². The number of hydrogen-bond donors (Lipinski definition) is 0. The molecule has 0 saturated heterocycles. The first-order chi connectivity index (χ1) is 9.86. The lowest BCUT2D eigenvalue weighted by atomic mass is 10.2. The highest BCUT2D eigenvalue weighted by Gasteiger charge is 2.10. The monoisotopic (exact) mass is 266 g/mol.